The van der Waals surface area contributed by atoms with E-state index in [4.69, 9.17) is 0 Å². The van der Waals surface area contributed by atoms with Crippen LogP contribution in [0.1, 0.15) is 29.5 Å². The molecule has 0 spiro atoms. The first-order valence-corrected chi connectivity index (χ1v) is 4.94. The largest absolute Gasteiger partial charge is 0.310 e. The first-order valence-electron chi connectivity index (χ1n) is 4.94. The summed E-state index contributed by atoms with van der Waals surface area (Å²) in [6.45, 7) is 4.34. The molecular weight excluding hydrogens is 194 g/mol. The van der Waals surface area contributed by atoms with E-state index in [1.807, 2.05) is 0 Å². The predicted molar refractivity (Wildman–Crippen MR) is 63.1 cm³/mol. The average molecular weight is 212 g/mol. The predicted octanol–water partition coefficient (Wildman–Crippen LogP) is 2.93. The minimum atomic E-state index is 0. The number of rotatable bonds is 2. The van der Waals surface area contributed by atoms with E-state index in [-0.39, 0.29) is 12.4 Å². The van der Waals surface area contributed by atoms with Crippen molar-refractivity contribution in [2.45, 2.75) is 32.2 Å². The topological polar surface area (TPSA) is 12.0 Å². The smallest absolute Gasteiger partial charge is 0.0434 e. The van der Waals surface area contributed by atoms with E-state index in [2.05, 4.69) is 44.4 Å². The molecule has 0 unspecified atom stereocenters. The molecule has 0 aromatic heterocycles. The summed E-state index contributed by atoms with van der Waals surface area (Å²) in [5.74, 6) is 0. The molecule has 1 aromatic carbocycles. The Morgan fingerprint density at radius 3 is 1.93 bits per heavy atom. The van der Waals surface area contributed by atoms with Crippen molar-refractivity contribution in [3.05, 3.63) is 34.9 Å². The Bertz CT molecular complexity index is 309. The fourth-order valence-electron chi connectivity index (χ4n) is 2.06. The van der Waals surface area contributed by atoms with Crippen LogP contribution in [0.5, 0.6) is 0 Å². The maximum atomic E-state index is 3.42. The summed E-state index contributed by atoms with van der Waals surface area (Å²) < 4.78 is 0. The second-order valence-corrected chi connectivity index (χ2v) is 4.21. The van der Waals surface area contributed by atoms with E-state index in [1.165, 1.54) is 29.5 Å². The van der Waals surface area contributed by atoms with Gasteiger partial charge in [-0.1, -0.05) is 29.3 Å². The highest BCUT2D eigenvalue weighted by Gasteiger charge is 2.42. The van der Waals surface area contributed by atoms with Crippen LogP contribution >= 0.6 is 12.4 Å². The van der Waals surface area contributed by atoms with E-state index >= 15 is 0 Å². The van der Waals surface area contributed by atoms with Gasteiger partial charge in [0, 0.05) is 5.54 Å². The van der Waals surface area contributed by atoms with Crippen molar-refractivity contribution in [1.82, 2.24) is 5.32 Å². The molecule has 0 radical (unpaired) electrons. The minimum Gasteiger partial charge on any atom is -0.310 e. The molecule has 1 aromatic rings. The van der Waals surface area contributed by atoms with Crippen molar-refractivity contribution in [1.29, 1.82) is 0 Å². The first kappa shape index (κ1) is 11.5. The Kier molecular flexibility index (Phi) is 3.23. The second kappa shape index (κ2) is 3.92. The summed E-state index contributed by atoms with van der Waals surface area (Å²) in [5, 5.41) is 3.42. The van der Waals surface area contributed by atoms with Gasteiger partial charge in [0.05, 0.1) is 0 Å². The summed E-state index contributed by atoms with van der Waals surface area (Å²) in [6, 6.07) is 6.84. The van der Waals surface area contributed by atoms with Gasteiger partial charge in [-0.05, 0) is 39.3 Å². The van der Waals surface area contributed by atoms with Gasteiger partial charge >= 0.3 is 0 Å². The molecule has 1 nitrogen and oxygen atoms in total. The lowest BCUT2D eigenvalue weighted by atomic mass is 10.00. The van der Waals surface area contributed by atoms with Gasteiger partial charge in [-0.3, -0.25) is 0 Å². The zero-order chi connectivity index (χ0) is 9.47. The van der Waals surface area contributed by atoms with Crippen molar-refractivity contribution in [2.24, 2.45) is 0 Å². The van der Waals surface area contributed by atoms with Gasteiger partial charge in [-0.25, -0.2) is 0 Å². The highest BCUT2D eigenvalue weighted by atomic mass is 35.5. The van der Waals surface area contributed by atoms with Crippen LogP contribution in [0.3, 0.4) is 0 Å². The second-order valence-electron chi connectivity index (χ2n) is 4.21. The van der Waals surface area contributed by atoms with Crippen molar-refractivity contribution in [2.75, 3.05) is 7.05 Å². The van der Waals surface area contributed by atoms with Gasteiger partial charge in [0.2, 0.25) is 0 Å². The zero-order valence-corrected chi connectivity index (χ0v) is 9.87. The monoisotopic (exact) mass is 211 g/mol. The molecule has 1 aliphatic carbocycles. The number of aryl methyl sites for hydroxylation is 2. The Hall–Kier alpha value is -0.530. The quantitative estimate of drug-likeness (QED) is 0.793. The Morgan fingerprint density at radius 1 is 1.07 bits per heavy atom. The summed E-state index contributed by atoms with van der Waals surface area (Å²) in [6.07, 6.45) is 2.57. The molecule has 14 heavy (non-hydrogen) atoms. The average Bonchev–Trinajstić information content (AvgIpc) is 2.82. The number of nitrogens with one attached hydrogen (secondary N) is 1. The summed E-state index contributed by atoms with van der Waals surface area (Å²) in [4.78, 5) is 0. The van der Waals surface area contributed by atoms with E-state index in [0.29, 0.717) is 5.54 Å². The van der Waals surface area contributed by atoms with Crippen LogP contribution in [0.25, 0.3) is 0 Å². The number of hydrogen-bond donors (Lipinski definition) is 1. The highest BCUT2D eigenvalue weighted by Crippen LogP contribution is 2.45. The molecule has 1 fully saturated rings. The standard InChI is InChI=1S/C12H17N.ClH/c1-9-6-10(2)8-11(7-9)12(13-3)4-5-12;/h6-8,13H,4-5H2,1-3H3;1H. The third kappa shape index (κ3) is 1.94. The van der Waals surface area contributed by atoms with Crippen molar-refractivity contribution >= 4 is 12.4 Å². The van der Waals surface area contributed by atoms with Crippen LogP contribution in [-0.4, -0.2) is 7.05 Å². The van der Waals surface area contributed by atoms with Gasteiger partial charge in [0.15, 0.2) is 0 Å². The van der Waals surface area contributed by atoms with E-state index in [0.717, 1.165) is 0 Å². The molecule has 1 aliphatic rings. The molecule has 2 heteroatoms. The van der Waals surface area contributed by atoms with E-state index in [1.54, 1.807) is 0 Å². The first-order chi connectivity index (χ1) is 6.16. The zero-order valence-electron chi connectivity index (χ0n) is 9.05. The van der Waals surface area contributed by atoms with Crippen molar-refractivity contribution in [3.63, 3.8) is 0 Å². The molecule has 78 valence electrons. The number of hydrogen-bond acceptors (Lipinski definition) is 1. The summed E-state index contributed by atoms with van der Waals surface area (Å²) >= 11 is 0. The normalized spacial score (nSPS) is 17.4. The van der Waals surface area contributed by atoms with Crippen LogP contribution in [0, 0.1) is 13.8 Å². The van der Waals surface area contributed by atoms with Gasteiger partial charge in [0.25, 0.3) is 0 Å². The van der Waals surface area contributed by atoms with Gasteiger partial charge in [-0.15, -0.1) is 12.4 Å². The van der Waals surface area contributed by atoms with E-state index < -0.39 is 0 Å². The van der Waals surface area contributed by atoms with Crippen LogP contribution in [0.2, 0.25) is 0 Å². The van der Waals surface area contributed by atoms with Crippen LogP contribution < -0.4 is 5.32 Å². The fraction of sp³-hybridized carbons (Fsp3) is 0.500. The van der Waals surface area contributed by atoms with Crippen LogP contribution in [0.4, 0.5) is 0 Å². The van der Waals surface area contributed by atoms with Gasteiger partial charge < -0.3 is 5.32 Å². The third-order valence-electron chi connectivity index (χ3n) is 3.00. The molecule has 0 heterocycles. The molecule has 0 bridgehead atoms. The summed E-state index contributed by atoms with van der Waals surface area (Å²) in [5.41, 5.74) is 4.53. The lowest BCUT2D eigenvalue weighted by molar-refractivity contribution is 0.585. The number of benzene rings is 1. The SMILES string of the molecule is CNC1(c2cc(C)cc(C)c2)CC1.Cl. The lowest BCUT2D eigenvalue weighted by Gasteiger charge is -2.15. The molecule has 0 saturated heterocycles. The van der Waals surface area contributed by atoms with Crippen molar-refractivity contribution in [3.8, 4) is 0 Å². The molecule has 0 aliphatic heterocycles. The van der Waals surface area contributed by atoms with Crippen LogP contribution in [-0.2, 0) is 5.54 Å². The molecule has 2 rings (SSSR count). The van der Waals surface area contributed by atoms with Gasteiger partial charge in [-0.2, -0.15) is 0 Å². The lowest BCUT2D eigenvalue weighted by Crippen LogP contribution is -2.24. The van der Waals surface area contributed by atoms with E-state index in [9.17, 15) is 0 Å². The van der Waals surface area contributed by atoms with Crippen molar-refractivity contribution < 1.29 is 0 Å². The Balaban J connectivity index is 0.000000980. The molecule has 0 amide bonds. The third-order valence-corrected chi connectivity index (χ3v) is 3.00. The molecular formula is C12H18ClN. The van der Waals surface area contributed by atoms with Crippen LogP contribution in [0.15, 0.2) is 18.2 Å². The molecule has 1 saturated carbocycles. The molecule has 0 atom stereocenters. The minimum absolute atomic E-state index is 0. The maximum absolute atomic E-state index is 3.42. The Morgan fingerprint density at radius 2 is 1.57 bits per heavy atom. The molecule has 1 N–H and O–H groups in total. The van der Waals surface area contributed by atoms with Gasteiger partial charge in [0.1, 0.15) is 0 Å². The maximum Gasteiger partial charge on any atom is 0.0434 e. The highest BCUT2D eigenvalue weighted by molar-refractivity contribution is 5.85. The fourth-order valence-corrected chi connectivity index (χ4v) is 2.06. The Labute approximate surface area is 92.3 Å². The number of halogens is 1. The summed E-state index contributed by atoms with van der Waals surface area (Å²) in [7, 11) is 2.06.